The molecule has 0 radical (unpaired) electrons. The number of anilines is 1. The standard InChI is InChI=1S/C26H23FN4O2/c1-30-22-14-8-6-12-20(22)28-25(30)24(17-9-3-2-4-10-17)29-26(33)18-15-23(32)31(16-18)21-13-7-5-11-19(21)27/h2-14,18,24H,15-16H2,1H3,(H,29,33). The Morgan fingerprint density at radius 2 is 1.73 bits per heavy atom. The summed E-state index contributed by atoms with van der Waals surface area (Å²) in [6.45, 7) is 0.135. The molecule has 1 aromatic heterocycles. The monoisotopic (exact) mass is 442 g/mol. The zero-order valence-electron chi connectivity index (χ0n) is 18.1. The predicted octanol–water partition coefficient (Wildman–Crippen LogP) is 3.97. The maximum atomic E-state index is 14.2. The first-order chi connectivity index (χ1) is 16.0. The van der Waals surface area contributed by atoms with Crippen LogP contribution in [0.1, 0.15) is 23.9 Å². The molecule has 7 heteroatoms. The van der Waals surface area contributed by atoms with Crippen molar-refractivity contribution in [2.24, 2.45) is 13.0 Å². The van der Waals surface area contributed by atoms with Crippen molar-refractivity contribution < 1.29 is 14.0 Å². The largest absolute Gasteiger partial charge is 0.342 e. The van der Waals surface area contributed by atoms with E-state index < -0.39 is 17.8 Å². The minimum absolute atomic E-state index is 0.0320. The molecule has 2 atom stereocenters. The number of fused-ring (bicyclic) bond motifs is 1. The van der Waals surface area contributed by atoms with Gasteiger partial charge < -0.3 is 14.8 Å². The van der Waals surface area contributed by atoms with Gasteiger partial charge in [-0.1, -0.05) is 54.6 Å². The molecule has 0 aliphatic carbocycles. The van der Waals surface area contributed by atoms with Crippen molar-refractivity contribution in [1.29, 1.82) is 0 Å². The zero-order chi connectivity index (χ0) is 22.9. The van der Waals surface area contributed by atoms with E-state index in [1.165, 1.54) is 11.0 Å². The average Bonchev–Trinajstić information content (AvgIpc) is 3.38. The molecule has 2 heterocycles. The number of carbonyl (C=O) groups is 2. The van der Waals surface area contributed by atoms with Gasteiger partial charge >= 0.3 is 0 Å². The summed E-state index contributed by atoms with van der Waals surface area (Å²) in [5.74, 6) is -0.889. The number of halogens is 1. The summed E-state index contributed by atoms with van der Waals surface area (Å²) in [4.78, 5) is 32.0. The van der Waals surface area contributed by atoms with Crippen molar-refractivity contribution in [2.45, 2.75) is 12.5 Å². The van der Waals surface area contributed by atoms with E-state index in [4.69, 9.17) is 4.98 Å². The van der Waals surface area contributed by atoms with Gasteiger partial charge in [-0.05, 0) is 29.8 Å². The van der Waals surface area contributed by atoms with Crippen LogP contribution in [0.5, 0.6) is 0 Å². The van der Waals surface area contributed by atoms with Crippen molar-refractivity contribution in [2.75, 3.05) is 11.4 Å². The highest BCUT2D eigenvalue weighted by Crippen LogP contribution is 2.29. The molecule has 2 unspecified atom stereocenters. The van der Waals surface area contributed by atoms with Crippen LogP contribution < -0.4 is 10.2 Å². The van der Waals surface area contributed by atoms with Gasteiger partial charge in [0, 0.05) is 20.0 Å². The van der Waals surface area contributed by atoms with E-state index >= 15 is 0 Å². The van der Waals surface area contributed by atoms with Gasteiger partial charge in [-0.3, -0.25) is 9.59 Å². The number of benzene rings is 3. The van der Waals surface area contributed by atoms with Crippen LogP contribution in [-0.2, 0) is 16.6 Å². The van der Waals surface area contributed by atoms with E-state index in [9.17, 15) is 14.0 Å². The third kappa shape index (κ3) is 3.86. The molecule has 166 valence electrons. The Bertz CT molecular complexity index is 1330. The van der Waals surface area contributed by atoms with E-state index in [1.54, 1.807) is 18.2 Å². The molecule has 0 saturated carbocycles. The van der Waals surface area contributed by atoms with Crippen LogP contribution in [0, 0.1) is 11.7 Å². The van der Waals surface area contributed by atoms with Crippen molar-refractivity contribution in [3.8, 4) is 0 Å². The second-order valence-corrected chi connectivity index (χ2v) is 8.23. The summed E-state index contributed by atoms with van der Waals surface area (Å²) in [5.41, 5.74) is 2.89. The first kappa shape index (κ1) is 20.9. The lowest BCUT2D eigenvalue weighted by Crippen LogP contribution is -2.37. The number of hydrogen-bond donors (Lipinski definition) is 1. The normalized spacial score (nSPS) is 16.8. The summed E-state index contributed by atoms with van der Waals surface area (Å²) in [7, 11) is 1.92. The highest BCUT2D eigenvalue weighted by molar-refractivity contribution is 6.00. The average molecular weight is 442 g/mol. The van der Waals surface area contributed by atoms with Crippen LogP contribution in [0.2, 0.25) is 0 Å². The van der Waals surface area contributed by atoms with Gasteiger partial charge in [-0.15, -0.1) is 0 Å². The van der Waals surface area contributed by atoms with Gasteiger partial charge in [0.25, 0.3) is 0 Å². The molecule has 33 heavy (non-hydrogen) atoms. The van der Waals surface area contributed by atoms with Gasteiger partial charge in [0.05, 0.1) is 22.6 Å². The zero-order valence-corrected chi connectivity index (χ0v) is 18.1. The number of carbonyl (C=O) groups excluding carboxylic acids is 2. The Hall–Kier alpha value is -4.00. The maximum Gasteiger partial charge on any atom is 0.227 e. The number of aromatic nitrogens is 2. The molecule has 1 N–H and O–H groups in total. The lowest BCUT2D eigenvalue weighted by atomic mass is 10.0. The lowest BCUT2D eigenvalue weighted by Gasteiger charge is -2.22. The number of aryl methyl sites for hydroxylation is 1. The first-order valence-electron chi connectivity index (χ1n) is 10.8. The van der Waals surface area contributed by atoms with E-state index in [0.29, 0.717) is 5.82 Å². The summed E-state index contributed by atoms with van der Waals surface area (Å²) in [6.07, 6.45) is 0.0320. The van der Waals surface area contributed by atoms with E-state index in [2.05, 4.69) is 5.32 Å². The quantitative estimate of drug-likeness (QED) is 0.509. The molecule has 1 aliphatic heterocycles. The van der Waals surface area contributed by atoms with Crippen LogP contribution in [0.15, 0.2) is 78.9 Å². The fourth-order valence-corrected chi connectivity index (χ4v) is 4.41. The molecule has 4 aromatic rings. The van der Waals surface area contributed by atoms with Crippen molar-refractivity contribution in [3.05, 3.63) is 96.1 Å². The number of hydrogen-bond acceptors (Lipinski definition) is 3. The van der Waals surface area contributed by atoms with Crippen molar-refractivity contribution in [3.63, 3.8) is 0 Å². The van der Waals surface area contributed by atoms with Crippen molar-refractivity contribution >= 4 is 28.5 Å². The van der Waals surface area contributed by atoms with Crippen LogP contribution in [0.4, 0.5) is 10.1 Å². The molecule has 2 amide bonds. The molecule has 1 aliphatic rings. The number of imidazole rings is 1. The molecule has 0 spiro atoms. The molecular formula is C26H23FN4O2. The summed E-state index contributed by atoms with van der Waals surface area (Å²) < 4.78 is 16.2. The fraction of sp³-hybridized carbons (Fsp3) is 0.192. The van der Waals surface area contributed by atoms with E-state index in [-0.39, 0.29) is 30.5 Å². The third-order valence-electron chi connectivity index (χ3n) is 6.14. The number of rotatable bonds is 5. The van der Waals surface area contributed by atoms with Gasteiger partial charge in [0.2, 0.25) is 11.8 Å². The minimum Gasteiger partial charge on any atom is -0.342 e. The Morgan fingerprint density at radius 1 is 1.03 bits per heavy atom. The molecule has 6 nitrogen and oxygen atoms in total. The van der Waals surface area contributed by atoms with Gasteiger partial charge in [0.1, 0.15) is 17.7 Å². The summed E-state index contributed by atoms with van der Waals surface area (Å²) in [6, 6.07) is 23.0. The molecule has 3 aromatic carbocycles. The molecule has 5 rings (SSSR count). The maximum absolute atomic E-state index is 14.2. The van der Waals surface area contributed by atoms with Crippen LogP contribution >= 0.6 is 0 Å². The number of nitrogens with one attached hydrogen (secondary N) is 1. The number of nitrogens with zero attached hydrogens (tertiary/aromatic N) is 3. The SMILES string of the molecule is Cn1c(C(NC(=O)C2CC(=O)N(c3ccccc3F)C2)c2ccccc2)nc2ccccc21. The second-order valence-electron chi connectivity index (χ2n) is 8.23. The molecule has 1 fully saturated rings. The van der Waals surface area contributed by atoms with Gasteiger partial charge in [-0.25, -0.2) is 9.37 Å². The van der Waals surface area contributed by atoms with Crippen LogP contribution in [-0.4, -0.2) is 27.9 Å². The summed E-state index contributed by atoms with van der Waals surface area (Å²) >= 11 is 0. The Balaban J connectivity index is 1.44. The first-order valence-corrected chi connectivity index (χ1v) is 10.8. The topological polar surface area (TPSA) is 67.2 Å². The Morgan fingerprint density at radius 3 is 2.48 bits per heavy atom. The Kier molecular flexibility index (Phi) is 5.38. The predicted molar refractivity (Wildman–Crippen MR) is 124 cm³/mol. The van der Waals surface area contributed by atoms with Gasteiger partial charge in [0.15, 0.2) is 0 Å². The highest BCUT2D eigenvalue weighted by atomic mass is 19.1. The summed E-state index contributed by atoms with van der Waals surface area (Å²) in [5, 5.41) is 3.11. The number of amides is 2. The van der Waals surface area contributed by atoms with Crippen LogP contribution in [0.25, 0.3) is 11.0 Å². The minimum atomic E-state index is -0.585. The molecule has 0 bridgehead atoms. The van der Waals surface area contributed by atoms with Crippen molar-refractivity contribution in [1.82, 2.24) is 14.9 Å². The second kappa shape index (κ2) is 8.50. The van der Waals surface area contributed by atoms with E-state index in [0.717, 1.165) is 16.6 Å². The highest BCUT2D eigenvalue weighted by Gasteiger charge is 2.37. The Labute approximate surface area is 190 Å². The smallest absolute Gasteiger partial charge is 0.227 e. The van der Waals surface area contributed by atoms with E-state index in [1.807, 2.05) is 66.2 Å². The van der Waals surface area contributed by atoms with Gasteiger partial charge in [-0.2, -0.15) is 0 Å². The third-order valence-corrected chi connectivity index (χ3v) is 6.14. The molecular weight excluding hydrogens is 419 g/mol. The molecule has 1 saturated heterocycles. The number of para-hydroxylation sites is 3. The van der Waals surface area contributed by atoms with Crippen LogP contribution in [0.3, 0.4) is 0 Å². The lowest BCUT2D eigenvalue weighted by molar-refractivity contribution is -0.126. The fourth-order valence-electron chi connectivity index (χ4n) is 4.41.